The number of carbonyl (C=O) groups excluding carboxylic acids is 5. The number of likely N-dealkylation sites (N-methyl/N-ethyl adjacent to an activating group) is 2. The van der Waals surface area contributed by atoms with Crippen molar-refractivity contribution < 1.29 is 29.1 Å². The molecule has 0 saturated carbocycles. The first kappa shape index (κ1) is 48.3. The molecule has 258 valence electrons. The molecule has 0 bridgehead atoms. The normalized spacial score (nSPS) is 14.4. The van der Waals surface area contributed by atoms with Crippen molar-refractivity contribution in [2.75, 3.05) is 39.7 Å². The number of aliphatic hydroxyl groups is 1. The van der Waals surface area contributed by atoms with Crippen LogP contribution in [0.15, 0.2) is 23.3 Å². The number of hydrogen-bond acceptors (Lipinski definition) is 12. The Balaban J connectivity index is -0.000000271. The second-order valence-electron chi connectivity index (χ2n) is 9.76. The first-order valence-electron chi connectivity index (χ1n) is 15.2. The summed E-state index contributed by atoms with van der Waals surface area (Å²) in [5.41, 5.74) is 4.16. The highest BCUT2D eigenvalue weighted by Gasteiger charge is 2.27. The zero-order chi connectivity index (χ0) is 35.8. The summed E-state index contributed by atoms with van der Waals surface area (Å²) >= 11 is 0. The lowest BCUT2D eigenvalue weighted by Crippen LogP contribution is -2.30. The van der Waals surface area contributed by atoms with Crippen molar-refractivity contribution in [2.24, 2.45) is 22.8 Å². The van der Waals surface area contributed by atoms with Crippen LogP contribution in [0.1, 0.15) is 71.9 Å². The lowest BCUT2D eigenvalue weighted by atomic mass is 9.95. The minimum Gasteiger partial charge on any atom is -0.400 e. The topological polar surface area (TPSA) is 195 Å². The van der Waals surface area contributed by atoms with Crippen LogP contribution in [0.25, 0.3) is 0 Å². The zero-order valence-corrected chi connectivity index (χ0v) is 29.1. The monoisotopic (exact) mass is 636 g/mol. The van der Waals surface area contributed by atoms with Gasteiger partial charge in [0.15, 0.2) is 0 Å². The summed E-state index contributed by atoms with van der Waals surface area (Å²) in [6, 6.07) is 6.03. The molecule has 0 saturated heterocycles. The fraction of sp³-hybridized carbons (Fsp3) is 0.606. The van der Waals surface area contributed by atoms with Crippen LogP contribution < -0.4 is 21.4 Å². The average molecular weight is 637 g/mol. The Morgan fingerprint density at radius 1 is 1.16 bits per heavy atom. The molecule has 12 nitrogen and oxygen atoms in total. The Bertz CT molecular complexity index is 973. The third kappa shape index (κ3) is 22.5. The molecule has 2 rings (SSSR count). The number of nitrogens with one attached hydrogen (secondary N) is 3. The molecule has 1 aromatic carbocycles. The number of ketones is 1. The van der Waals surface area contributed by atoms with Gasteiger partial charge in [0.25, 0.3) is 0 Å². The van der Waals surface area contributed by atoms with Crippen LogP contribution >= 0.6 is 0 Å². The van der Waals surface area contributed by atoms with Crippen LogP contribution in [-0.2, 0) is 36.8 Å². The van der Waals surface area contributed by atoms with Crippen molar-refractivity contribution >= 4 is 48.5 Å². The van der Waals surface area contributed by atoms with E-state index in [1.807, 2.05) is 38.8 Å². The summed E-state index contributed by atoms with van der Waals surface area (Å²) < 4.78 is 0. The molecule has 0 radical (unpaired) electrons. The van der Waals surface area contributed by atoms with E-state index in [-0.39, 0.29) is 30.2 Å². The summed E-state index contributed by atoms with van der Waals surface area (Å²) in [4.78, 5) is 53.3. The van der Waals surface area contributed by atoms with E-state index in [9.17, 15) is 24.0 Å². The molecular formula is C33H60N6O6. The minimum absolute atomic E-state index is 0.0534. The third-order valence-electron chi connectivity index (χ3n) is 6.72. The SMILES string of the molecule is CC.CC(=O)CC=O.CC[C@H](C)[C@H](C)C=O.CNC/C(C=N)=N/N.CN[C@H](C=O)CCc1cccc2c1N(C)[C@H](C=O)C2.CO. The molecule has 0 amide bonds. The van der Waals surface area contributed by atoms with Crippen molar-refractivity contribution in [3.05, 3.63) is 29.3 Å². The Morgan fingerprint density at radius 3 is 2.07 bits per heavy atom. The number of aldehydes is 4. The number of para-hydroxylation sites is 1. The van der Waals surface area contributed by atoms with Gasteiger partial charge in [0, 0.05) is 44.9 Å². The third-order valence-corrected chi connectivity index (χ3v) is 6.72. The van der Waals surface area contributed by atoms with Gasteiger partial charge >= 0.3 is 0 Å². The number of benzene rings is 1. The van der Waals surface area contributed by atoms with Crippen molar-refractivity contribution in [3.8, 4) is 0 Å². The van der Waals surface area contributed by atoms with Crippen molar-refractivity contribution in [1.82, 2.24) is 10.6 Å². The lowest BCUT2D eigenvalue weighted by Gasteiger charge is -2.21. The van der Waals surface area contributed by atoms with Gasteiger partial charge in [-0.25, -0.2) is 0 Å². The second kappa shape index (κ2) is 33.3. The summed E-state index contributed by atoms with van der Waals surface area (Å²) in [6.07, 6.45) is 8.24. The van der Waals surface area contributed by atoms with Crippen molar-refractivity contribution in [1.29, 1.82) is 5.41 Å². The number of hydrogen-bond donors (Lipinski definition) is 5. The van der Waals surface area contributed by atoms with Crippen molar-refractivity contribution in [3.63, 3.8) is 0 Å². The fourth-order valence-corrected chi connectivity index (χ4v) is 3.66. The summed E-state index contributed by atoms with van der Waals surface area (Å²) in [5, 5.41) is 22.8. The van der Waals surface area contributed by atoms with E-state index in [1.54, 1.807) is 14.1 Å². The van der Waals surface area contributed by atoms with Crippen LogP contribution in [0.4, 0.5) is 5.69 Å². The Hall–Kier alpha value is -3.61. The zero-order valence-electron chi connectivity index (χ0n) is 29.1. The van der Waals surface area contributed by atoms with Gasteiger partial charge in [-0.3, -0.25) is 4.79 Å². The fourth-order valence-electron chi connectivity index (χ4n) is 3.66. The highest BCUT2D eigenvalue weighted by molar-refractivity contribution is 6.30. The maximum Gasteiger partial charge on any atom is 0.142 e. The smallest absolute Gasteiger partial charge is 0.142 e. The Kier molecular flexibility index (Phi) is 35.7. The first-order chi connectivity index (χ1) is 21.5. The molecule has 0 fully saturated rings. The van der Waals surface area contributed by atoms with Crippen LogP contribution in [-0.4, -0.2) is 94.8 Å². The van der Waals surface area contributed by atoms with Gasteiger partial charge < -0.3 is 51.1 Å². The van der Waals surface area contributed by atoms with Crippen LogP contribution in [0.3, 0.4) is 0 Å². The lowest BCUT2D eigenvalue weighted by molar-refractivity contribution is -0.120. The number of aliphatic hydroxyl groups excluding tert-OH is 1. The molecule has 12 heteroatoms. The number of fused-ring (bicyclic) bond motifs is 1. The molecule has 1 aromatic rings. The van der Waals surface area contributed by atoms with E-state index in [2.05, 4.69) is 41.7 Å². The highest BCUT2D eigenvalue weighted by Crippen LogP contribution is 2.34. The minimum atomic E-state index is -0.107. The van der Waals surface area contributed by atoms with Gasteiger partial charge in [-0.1, -0.05) is 59.2 Å². The van der Waals surface area contributed by atoms with E-state index in [1.165, 1.54) is 23.7 Å². The number of nitrogens with zero attached hydrogens (tertiary/aromatic N) is 2. The van der Waals surface area contributed by atoms with Gasteiger partial charge in [0.1, 0.15) is 30.9 Å². The molecule has 1 aliphatic heterocycles. The molecule has 45 heavy (non-hydrogen) atoms. The van der Waals surface area contributed by atoms with Gasteiger partial charge in [-0.05, 0) is 50.9 Å². The van der Waals surface area contributed by atoms with Gasteiger partial charge in [0.2, 0.25) is 0 Å². The summed E-state index contributed by atoms with van der Waals surface area (Å²) in [5.74, 6) is 5.57. The molecule has 0 aliphatic carbocycles. The quantitative estimate of drug-likeness (QED) is 0.0666. The van der Waals surface area contributed by atoms with Crippen LogP contribution in [0.2, 0.25) is 0 Å². The Labute approximate surface area is 271 Å². The predicted molar refractivity (Wildman–Crippen MR) is 186 cm³/mol. The number of hydrazone groups is 1. The van der Waals surface area contributed by atoms with E-state index in [4.69, 9.17) is 16.4 Å². The number of Topliss-reactive ketones (excluding diaryl/α,β-unsaturated/α-hetero) is 1. The van der Waals surface area contributed by atoms with Gasteiger partial charge in [-0.15, -0.1) is 0 Å². The van der Waals surface area contributed by atoms with E-state index in [0.29, 0.717) is 24.5 Å². The van der Waals surface area contributed by atoms with Crippen LogP contribution in [0, 0.1) is 17.2 Å². The van der Waals surface area contributed by atoms with Gasteiger partial charge in [-0.2, -0.15) is 5.10 Å². The molecule has 0 unspecified atom stereocenters. The van der Waals surface area contributed by atoms with Gasteiger partial charge in [0.05, 0.1) is 24.2 Å². The molecule has 0 spiro atoms. The average Bonchev–Trinajstić information content (AvgIpc) is 3.41. The number of carbonyl (C=O) groups is 5. The molecule has 1 aliphatic rings. The predicted octanol–water partition coefficient (Wildman–Crippen LogP) is 2.80. The molecule has 1 heterocycles. The first-order valence-corrected chi connectivity index (χ1v) is 15.2. The second-order valence-corrected chi connectivity index (χ2v) is 9.76. The maximum atomic E-state index is 11.1. The standard InChI is InChI=1S/C15H20N2O2.C7H14O.C4H10N4.C4H6O2.C2H6.CH4O/c1-16-13(9-18)7-6-11-4-3-5-12-8-14(10-19)17(2)15(11)12;1-4-6(2)7(3)5-8;1-7-3-4(2-5)8-6;1-4(6)2-3-5;2*1-2/h3-5,9-10,13-14,16H,6-8H2,1-2H3;5-7H,4H2,1-3H3;2,5,7H,3,6H2,1H3;3H,2H2,1H3;1-2H3;2H,1H3/b;;5-2?,8-4+;;;/t13-,14-;6-,7+;;;;/m00..../s1. The molecular weight excluding hydrogens is 576 g/mol. The Morgan fingerprint density at radius 2 is 1.76 bits per heavy atom. The summed E-state index contributed by atoms with van der Waals surface area (Å²) in [7, 11) is 6.53. The summed E-state index contributed by atoms with van der Waals surface area (Å²) in [6.45, 7) is 12.1. The largest absolute Gasteiger partial charge is 0.400 e. The molecule has 0 aromatic heterocycles. The highest BCUT2D eigenvalue weighted by atomic mass is 16.2. The van der Waals surface area contributed by atoms with Crippen molar-refractivity contribution in [2.45, 2.75) is 85.7 Å². The molecule has 4 atom stereocenters. The van der Waals surface area contributed by atoms with E-state index in [0.717, 1.165) is 57.9 Å². The van der Waals surface area contributed by atoms with E-state index < -0.39 is 0 Å². The number of nitrogens with two attached hydrogens (primary N) is 1. The number of rotatable bonds is 14. The molecule has 6 N–H and O–H groups in total. The van der Waals surface area contributed by atoms with E-state index >= 15 is 0 Å². The maximum absolute atomic E-state index is 11.1. The van der Waals surface area contributed by atoms with Crippen LogP contribution in [0.5, 0.6) is 0 Å². The number of aryl methyl sites for hydroxylation is 1. The number of anilines is 1.